The van der Waals surface area contributed by atoms with E-state index in [9.17, 15) is 21.8 Å². The Labute approximate surface area is 77.0 Å². The molecule has 0 aliphatic rings. The van der Waals surface area contributed by atoms with Gasteiger partial charge in [-0.25, -0.2) is 4.39 Å². The maximum absolute atomic E-state index is 13.1. The normalized spacial score (nSPS) is 19.5. The fourth-order valence-electron chi connectivity index (χ4n) is 0.598. The first kappa shape index (κ1) is 12.9. The van der Waals surface area contributed by atoms with E-state index in [4.69, 9.17) is 0 Å². The molecule has 0 aromatic rings. The Balaban J connectivity index is 3.98. The average Bonchev–Trinajstić information content (AvgIpc) is 1.98. The van der Waals surface area contributed by atoms with Gasteiger partial charge in [0.15, 0.2) is 0 Å². The second-order valence-corrected chi connectivity index (χ2v) is 4.57. The summed E-state index contributed by atoms with van der Waals surface area (Å²) in [5, 5.41) is 0. The zero-order chi connectivity index (χ0) is 10.7. The van der Waals surface area contributed by atoms with Crippen LogP contribution in [0, 0.1) is 0 Å². The van der Waals surface area contributed by atoms with E-state index in [0.29, 0.717) is 0 Å². The molecular weight excluding hydrogens is 208 g/mol. The predicted octanol–water partition coefficient (Wildman–Crippen LogP) is 2.78. The number of alkyl halides is 4. The van der Waals surface area contributed by atoms with Crippen molar-refractivity contribution in [3.8, 4) is 0 Å². The monoisotopic (exact) mass is 220 g/mol. The van der Waals surface area contributed by atoms with Crippen LogP contribution in [0.5, 0.6) is 0 Å². The maximum Gasteiger partial charge on any atom is 0.471 e. The van der Waals surface area contributed by atoms with Gasteiger partial charge in [0.25, 0.3) is 0 Å². The molecule has 0 aromatic carbocycles. The molecule has 6 heteroatoms. The lowest BCUT2D eigenvalue weighted by atomic mass is 10.0. The Bertz CT molecular complexity index is 187. The predicted molar refractivity (Wildman–Crippen MR) is 43.5 cm³/mol. The Hall–Kier alpha value is -0.130. The summed E-state index contributed by atoms with van der Waals surface area (Å²) >= 11 is 0. The molecule has 0 rings (SSSR count). The van der Waals surface area contributed by atoms with Crippen molar-refractivity contribution in [2.75, 3.05) is 5.75 Å². The lowest BCUT2D eigenvalue weighted by molar-refractivity contribution is -0.0386. The van der Waals surface area contributed by atoms with E-state index in [1.54, 1.807) is 0 Å². The fraction of sp³-hybridized carbons (Fsp3) is 1.00. The summed E-state index contributed by atoms with van der Waals surface area (Å²) in [4.78, 5) is 0. The molecule has 2 unspecified atom stereocenters. The summed E-state index contributed by atoms with van der Waals surface area (Å²) in [6, 6.07) is 0. The molecule has 0 radical (unpaired) electrons. The van der Waals surface area contributed by atoms with Gasteiger partial charge in [0, 0.05) is 5.75 Å². The SMILES string of the molecule is CCC(C)(F)CCS(=O)C(F)(F)F. The Morgan fingerprint density at radius 2 is 1.69 bits per heavy atom. The number of hydrogen-bond donors (Lipinski definition) is 0. The van der Waals surface area contributed by atoms with E-state index in [2.05, 4.69) is 0 Å². The molecule has 1 nitrogen and oxygen atoms in total. The van der Waals surface area contributed by atoms with Crippen LogP contribution in [0.3, 0.4) is 0 Å². The standard InChI is InChI=1S/C7H12F4OS/c1-3-6(2,8)4-5-13(12)7(9,10)11/h3-5H2,1-2H3. The molecule has 0 aromatic heterocycles. The molecule has 13 heavy (non-hydrogen) atoms. The molecule has 80 valence electrons. The van der Waals surface area contributed by atoms with E-state index in [1.165, 1.54) is 13.8 Å². The molecule has 0 aliphatic carbocycles. The summed E-state index contributed by atoms with van der Waals surface area (Å²) in [7, 11) is -2.93. The summed E-state index contributed by atoms with van der Waals surface area (Å²) in [6.45, 7) is 2.75. The summed E-state index contributed by atoms with van der Waals surface area (Å²) in [5.41, 5.74) is -6.37. The highest BCUT2D eigenvalue weighted by molar-refractivity contribution is 7.85. The zero-order valence-corrected chi connectivity index (χ0v) is 8.27. The van der Waals surface area contributed by atoms with Crippen LogP contribution in [0.2, 0.25) is 0 Å². The molecule has 0 fully saturated rings. The van der Waals surface area contributed by atoms with Crippen LogP contribution in [0.1, 0.15) is 26.7 Å². The van der Waals surface area contributed by atoms with E-state index in [1.807, 2.05) is 0 Å². The van der Waals surface area contributed by atoms with Gasteiger partial charge in [-0.3, -0.25) is 4.21 Å². The van der Waals surface area contributed by atoms with Crippen molar-refractivity contribution >= 4 is 10.8 Å². The largest absolute Gasteiger partial charge is 0.471 e. The Morgan fingerprint density at radius 1 is 1.23 bits per heavy atom. The number of hydrogen-bond acceptors (Lipinski definition) is 1. The van der Waals surface area contributed by atoms with Crippen molar-refractivity contribution in [1.82, 2.24) is 0 Å². The van der Waals surface area contributed by atoms with Crippen LogP contribution in [-0.2, 0) is 10.8 Å². The van der Waals surface area contributed by atoms with E-state index < -0.39 is 27.7 Å². The van der Waals surface area contributed by atoms with E-state index >= 15 is 0 Å². The van der Waals surface area contributed by atoms with Crippen molar-refractivity contribution in [1.29, 1.82) is 0 Å². The maximum atomic E-state index is 13.1. The van der Waals surface area contributed by atoms with E-state index in [-0.39, 0.29) is 12.8 Å². The van der Waals surface area contributed by atoms with Crippen molar-refractivity contribution in [2.24, 2.45) is 0 Å². The van der Waals surface area contributed by atoms with Crippen LogP contribution >= 0.6 is 0 Å². The second-order valence-electron chi connectivity index (χ2n) is 3.01. The molecule has 0 bridgehead atoms. The average molecular weight is 220 g/mol. The van der Waals surface area contributed by atoms with Gasteiger partial charge >= 0.3 is 5.51 Å². The highest BCUT2D eigenvalue weighted by Crippen LogP contribution is 2.25. The third-order valence-corrected chi connectivity index (χ3v) is 2.90. The lowest BCUT2D eigenvalue weighted by Crippen LogP contribution is -2.25. The lowest BCUT2D eigenvalue weighted by Gasteiger charge is -2.17. The quantitative estimate of drug-likeness (QED) is 0.666. The molecule has 0 N–H and O–H groups in total. The molecule has 0 aliphatic heterocycles. The summed E-state index contributed by atoms with van der Waals surface area (Å²) < 4.78 is 58.6. The van der Waals surface area contributed by atoms with Crippen LogP contribution < -0.4 is 0 Å². The Morgan fingerprint density at radius 3 is 2.00 bits per heavy atom. The third-order valence-electron chi connectivity index (χ3n) is 1.80. The van der Waals surface area contributed by atoms with Crippen molar-refractivity contribution in [3.63, 3.8) is 0 Å². The summed E-state index contributed by atoms with van der Waals surface area (Å²) in [5.74, 6) is -0.662. The highest BCUT2D eigenvalue weighted by Gasteiger charge is 2.37. The minimum atomic E-state index is -4.72. The third kappa shape index (κ3) is 5.23. The molecule has 0 heterocycles. The van der Waals surface area contributed by atoms with Gasteiger partial charge < -0.3 is 0 Å². The smallest absolute Gasteiger partial charge is 0.251 e. The molecule has 0 spiro atoms. The van der Waals surface area contributed by atoms with Crippen LogP contribution in [0.25, 0.3) is 0 Å². The zero-order valence-electron chi connectivity index (χ0n) is 7.45. The topological polar surface area (TPSA) is 17.1 Å². The van der Waals surface area contributed by atoms with Gasteiger partial charge in [0.05, 0.1) is 0 Å². The first-order valence-electron chi connectivity index (χ1n) is 3.83. The first-order chi connectivity index (χ1) is 5.69. The molecular formula is C7H12F4OS. The molecule has 0 amide bonds. The summed E-state index contributed by atoms with van der Waals surface area (Å²) in [6.07, 6.45) is -0.197. The van der Waals surface area contributed by atoms with Crippen LogP contribution in [0.4, 0.5) is 17.6 Å². The van der Waals surface area contributed by atoms with Crippen molar-refractivity contribution < 1.29 is 21.8 Å². The molecule has 2 atom stereocenters. The van der Waals surface area contributed by atoms with Gasteiger partial charge in [-0.15, -0.1) is 0 Å². The number of halogens is 4. The van der Waals surface area contributed by atoms with Gasteiger partial charge in [0.2, 0.25) is 0 Å². The van der Waals surface area contributed by atoms with Gasteiger partial charge in [-0.05, 0) is 19.8 Å². The fourth-order valence-corrected chi connectivity index (χ4v) is 1.44. The number of rotatable bonds is 4. The molecule has 0 saturated heterocycles. The minimum absolute atomic E-state index is 0.127. The minimum Gasteiger partial charge on any atom is -0.251 e. The Kier molecular flexibility index (Phi) is 4.35. The highest BCUT2D eigenvalue weighted by atomic mass is 32.2. The molecule has 0 saturated carbocycles. The van der Waals surface area contributed by atoms with Gasteiger partial charge in [0.1, 0.15) is 16.5 Å². The van der Waals surface area contributed by atoms with Crippen molar-refractivity contribution in [2.45, 2.75) is 37.9 Å². The second kappa shape index (κ2) is 4.39. The van der Waals surface area contributed by atoms with Crippen LogP contribution in [0.15, 0.2) is 0 Å². The van der Waals surface area contributed by atoms with Crippen LogP contribution in [-0.4, -0.2) is 21.1 Å². The van der Waals surface area contributed by atoms with Gasteiger partial charge in [-0.2, -0.15) is 13.2 Å². The van der Waals surface area contributed by atoms with E-state index in [0.717, 1.165) is 0 Å². The first-order valence-corrected chi connectivity index (χ1v) is 5.15. The van der Waals surface area contributed by atoms with Crippen molar-refractivity contribution in [3.05, 3.63) is 0 Å². The van der Waals surface area contributed by atoms with Gasteiger partial charge in [-0.1, -0.05) is 6.92 Å².